The number of ketones is 2. The molecule has 3 rings (SSSR count). The number of aromatic hydroxyl groups is 1. The van der Waals surface area contributed by atoms with Gasteiger partial charge in [-0.3, -0.25) is 9.59 Å². The maximum absolute atomic E-state index is 12.3. The molecule has 0 saturated carbocycles. The molecule has 0 fully saturated rings. The van der Waals surface area contributed by atoms with E-state index in [-0.39, 0.29) is 23.2 Å². The van der Waals surface area contributed by atoms with Gasteiger partial charge in [0.2, 0.25) is 11.6 Å². The van der Waals surface area contributed by atoms with E-state index >= 15 is 0 Å². The molecule has 1 aromatic heterocycles. The molecule has 6 heteroatoms. The highest BCUT2D eigenvalue weighted by atomic mass is 16.3. The summed E-state index contributed by atoms with van der Waals surface area (Å²) in [5.41, 5.74) is 2.95. The average molecular weight is 391 g/mol. The molecule has 0 bridgehead atoms. The molecule has 0 saturated heterocycles. The normalized spacial score (nSPS) is 11.6. The van der Waals surface area contributed by atoms with E-state index in [0.29, 0.717) is 27.8 Å². The summed E-state index contributed by atoms with van der Waals surface area (Å²) in [5.74, 6) is -1.05. The minimum absolute atomic E-state index is 0.0691. The van der Waals surface area contributed by atoms with Crippen LogP contribution < -0.4 is 0 Å². The molecule has 150 valence electrons. The van der Waals surface area contributed by atoms with Crippen molar-refractivity contribution >= 4 is 22.6 Å². The van der Waals surface area contributed by atoms with Crippen molar-refractivity contribution in [3.05, 3.63) is 59.7 Å². The molecule has 0 amide bonds. The molecule has 29 heavy (non-hydrogen) atoms. The summed E-state index contributed by atoms with van der Waals surface area (Å²) in [6, 6.07) is 10.9. The van der Waals surface area contributed by atoms with Crippen LogP contribution in [0.15, 0.2) is 48.6 Å². The Morgan fingerprint density at radius 3 is 2.24 bits per heavy atom. The number of phenols is 1. The fourth-order valence-electron chi connectivity index (χ4n) is 3.11. The van der Waals surface area contributed by atoms with Gasteiger partial charge in [0, 0.05) is 12.0 Å². The Bertz CT molecular complexity index is 1090. The highest BCUT2D eigenvalue weighted by Gasteiger charge is 2.27. The standard InChI is InChI=1S/C23H25N3O3/c1-6-23(4,5)16-11-15(13-20(27)21(28)14(2)3)12-19(22(16)29)26-24-17-9-7-8-10-18(17)25-26/h7-12,29H,2,6,13H2,1,3-5H3. The maximum Gasteiger partial charge on any atom is 0.224 e. The minimum atomic E-state index is -0.584. The van der Waals surface area contributed by atoms with Gasteiger partial charge in [0.15, 0.2) is 0 Å². The van der Waals surface area contributed by atoms with Gasteiger partial charge in [-0.2, -0.15) is 0 Å². The lowest BCUT2D eigenvalue weighted by atomic mass is 9.80. The smallest absolute Gasteiger partial charge is 0.224 e. The van der Waals surface area contributed by atoms with Crippen molar-refractivity contribution < 1.29 is 14.7 Å². The predicted molar refractivity (Wildman–Crippen MR) is 112 cm³/mol. The fourth-order valence-corrected chi connectivity index (χ4v) is 3.11. The van der Waals surface area contributed by atoms with Crippen LogP contribution >= 0.6 is 0 Å². The van der Waals surface area contributed by atoms with Gasteiger partial charge >= 0.3 is 0 Å². The van der Waals surface area contributed by atoms with Crippen molar-refractivity contribution in [2.45, 2.75) is 46.0 Å². The van der Waals surface area contributed by atoms with E-state index < -0.39 is 11.6 Å². The zero-order valence-electron chi connectivity index (χ0n) is 17.2. The summed E-state index contributed by atoms with van der Waals surface area (Å²) in [6.45, 7) is 11.1. The molecule has 0 spiro atoms. The molecule has 0 radical (unpaired) electrons. The summed E-state index contributed by atoms with van der Waals surface area (Å²) >= 11 is 0. The lowest BCUT2D eigenvalue weighted by Crippen LogP contribution is -2.20. The largest absolute Gasteiger partial charge is 0.505 e. The zero-order chi connectivity index (χ0) is 21.3. The summed E-state index contributed by atoms with van der Waals surface area (Å²) in [7, 11) is 0. The Hall–Kier alpha value is -3.28. The molecule has 3 aromatic rings. The number of Topliss-reactive ketones (excluding diaryl/α,β-unsaturated/α-hetero) is 2. The third-order valence-corrected chi connectivity index (χ3v) is 5.27. The molecular formula is C23H25N3O3. The number of phenolic OH excluding ortho intramolecular Hbond substituents is 1. The third-order valence-electron chi connectivity index (χ3n) is 5.27. The number of hydrogen-bond acceptors (Lipinski definition) is 5. The van der Waals surface area contributed by atoms with Crippen molar-refractivity contribution in [2.75, 3.05) is 0 Å². The van der Waals surface area contributed by atoms with Gasteiger partial charge in [0.25, 0.3) is 0 Å². The van der Waals surface area contributed by atoms with E-state index in [1.807, 2.05) is 45.0 Å². The van der Waals surface area contributed by atoms with Crippen molar-refractivity contribution in [1.82, 2.24) is 15.0 Å². The second-order valence-corrected chi connectivity index (χ2v) is 7.94. The Balaban J connectivity index is 2.16. The Morgan fingerprint density at radius 2 is 1.72 bits per heavy atom. The second-order valence-electron chi connectivity index (χ2n) is 7.94. The van der Waals surface area contributed by atoms with Crippen molar-refractivity contribution in [3.8, 4) is 11.4 Å². The minimum Gasteiger partial charge on any atom is -0.505 e. The summed E-state index contributed by atoms with van der Waals surface area (Å²) in [6.07, 6.45) is 0.698. The highest BCUT2D eigenvalue weighted by Crippen LogP contribution is 2.38. The first-order chi connectivity index (χ1) is 13.6. The van der Waals surface area contributed by atoms with Crippen molar-refractivity contribution in [1.29, 1.82) is 0 Å². The van der Waals surface area contributed by atoms with Crippen molar-refractivity contribution in [3.63, 3.8) is 0 Å². The van der Waals surface area contributed by atoms with Gasteiger partial charge in [0.05, 0.1) is 0 Å². The first kappa shape index (κ1) is 20.5. The van der Waals surface area contributed by atoms with Crippen LogP contribution in [0, 0.1) is 0 Å². The zero-order valence-corrected chi connectivity index (χ0v) is 17.2. The Kier molecular flexibility index (Phi) is 5.38. The van der Waals surface area contributed by atoms with Crippen LogP contribution in [0.5, 0.6) is 5.75 Å². The monoisotopic (exact) mass is 391 g/mol. The Labute approximate surface area is 169 Å². The molecule has 0 aliphatic carbocycles. The number of carbonyl (C=O) groups is 2. The number of carbonyl (C=O) groups excluding carboxylic acids is 2. The second kappa shape index (κ2) is 7.62. The quantitative estimate of drug-likeness (QED) is 0.485. The van der Waals surface area contributed by atoms with Gasteiger partial charge in [-0.1, -0.05) is 45.5 Å². The number of allylic oxidation sites excluding steroid dienone is 1. The number of nitrogens with zero attached hydrogens (tertiary/aromatic N) is 3. The molecule has 0 atom stereocenters. The number of fused-ring (bicyclic) bond motifs is 1. The highest BCUT2D eigenvalue weighted by molar-refractivity contribution is 6.43. The summed E-state index contributed by atoms with van der Waals surface area (Å²) in [5, 5.41) is 19.9. The molecule has 0 aliphatic rings. The van der Waals surface area contributed by atoms with E-state index in [0.717, 1.165) is 6.42 Å². The maximum atomic E-state index is 12.3. The molecule has 0 aliphatic heterocycles. The average Bonchev–Trinajstić information content (AvgIpc) is 3.12. The molecule has 6 nitrogen and oxygen atoms in total. The molecular weight excluding hydrogens is 366 g/mol. The number of benzene rings is 2. The van der Waals surface area contributed by atoms with Crippen LogP contribution in [0.25, 0.3) is 16.7 Å². The van der Waals surface area contributed by atoms with Crippen molar-refractivity contribution in [2.24, 2.45) is 0 Å². The lowest BCUT2D eigenvalue weighted by Gasteiger charge is -2.26. The van der Waals surface area contributed by atoms with E-state index in [4.69, 9.17) is 0 Å². The molecule has 0 unspecified atom stereocenters. The summed E-state index contributed by atoms with van der Waals surface area (Å²) < 4.78 is 0. The predicted octanol–water partition coefficient (Wildman–Crippen LogP) is 4.07. The van der Waals surface area contributed by atoms with Gasteiger partial charge in [-0.25, -0.2) is 0 Å². The van der Waals surface area contributed by atoms with Crippen LogP contribution in [0.3, 0.4) is 0 Å². The number of rotatable bonds is 7. The van der Waals surface area contributed by atoms with Crippen LogP contribution in [-0.2, 0) is 21.4 Å². The van der Waals surface area contributed by atoms with E-state index in [9.17, 15) is 14.7 Å². The molecule has 1 heterocycles. The van der Waals surface area contributed by atoms with Gasteiger partial charge in [0.1, 0.15) is 22.5 Å². The van der Waals surface area contributed by atoms with Gasteiger partial charge in [-0.05, 0) is 48.1 Å². The van der Waals surface area contributed by atoms with Crippen LogP contribution in [-0.4, -0.2) is 31.7 Å². The fraction of sp³-hybridized carbons (Fsp3) is 0.304. The van der Waals surface area contributed by atoms with E-state index in [1.54, 1.807) is 12.1 Å². The topological polar surface area (TPSA) is 85.1 Å². The first-order valence-corrected chi connectivity index (χ1v) is 9.56. The van der Waals surface area contributed by atoms with E-state index in [2.05, 4.69) is 16.8 Å². The van der Waals surface area contributed by atoms with Crippen LogP contribution in [0.2, 0.25) is 0 Å². The summed E-state index contributed by atoms with van der Waals surface area (Å²) in [4.78, 5) is 25.7. The van der Waals surface area contributed by atoms with Crippen LogP contribution in [0.1, 0.15) is 45.2 Å². The first-order valence-electron chi connectivity index (χ1n) is 9.56. The lowest BCUT2D eigenvalue weighted by molar-refractivity contribution is -0.133. The van der Waals surface area contributed by atoms with Gasteiger partial charge in [-0.15, -0.1) is 15.0 Å². The SMILES string of the molecule is C=C(C)C(=O)C(=O)Cc1cc(-n2nc3ccccc3n2)c(O)c(C(C)(C)CC)c1. The third kappa shape index (κ3) is 3.97. The van der Waals surface area contributed by atoms with Crippen LogP contribution in [0.4, 0.5) is 0 Å². The Morgan fingerprint density at radius 1 is 1.14 bits per heavy atom. The van der Waals surface area contributed by atoms with E-state index in [1.165, 1.54) is 11.7 Å². The number of hydrogen-bond donors (Lipinski definition) is 1. The molecule has 1 N–H and O–H groups in total. The molecule has 2 aromatic carbocycles. The number of aromatic nitrogens is 3. The van der Waals surface area contributed by atoms with Gasteiger partial charge < -0.3 is 5.11 Å².